The van der Waals surface area contributed by atoms with Crippen LogP contribution < -0.4 is 10.5 Å². The van der Waals surface area contributed by atoms with Gasteiger partial charge in [0.25, 0.3) is 11.5 Å². The van der Waals surface area contributed by atoms with Gasteiger partial charge in [0.2, 0.25) is 0 Å². The molecule has 0 aliphatic carbocycles. The average molecular weight is 471 g/mol. The minimum Gasteiger partial charge on any atom is -0.356 e. The number of unbranched alkanes of at least 4 members (excludes halogenated alkanes) is 5. The highest BCUT2D eigenvalue weighted by molar-refractivity contribution is 8.26. The number of pyridine rings is 1. The van der Waals surface area contributed by atoms with Gasteiger partial charge in [-0.15, -0.1) is 0 Å². The molecule has 2 aromatic heterocycles. The van der Waals surface area contributed by atoms with Crippen molar-refractivity contribution in [1.82, 2.24) is 14.3 Å². The first-order valence-corrected chi connectivity index (χ1v) is 12.8. The lowest BCUT2D eigenvalue weighted by molar-refractivity contribution is -0.122. The summed E-state index contributed by atoms with van der Waals surface area (Å²) in [7, 11) is 0. The maximum Gasteiger partial charge on any atom is 0.267 e. The molecule has 0 saturated carbocycles. The molecule has 170 valence electrons. The predicted molar refractivity (Wildman–Crippen MR) is 136 cm³/mol. The van der Waals surface area contributed by atoms with Crippen molar-refractivity contribution in [1.29, 1.82) is 0 Å². The van der Waals surface area contributed by atoms with Crippen LogP contribution >= 0.6 is 24.0 Å². The second kappa shape index (κ2) is 10.6. The van der Waals surface area contributed by atoms with E-state index in [1.165, 1.54) is 37.4 Å². The molecule has 2 fully saturated rings. The van der Waals surface area contributed by atoms with E-state index < -0.39 is 0 Å². The molecular weight excluding hydrogens is 440 g/mol. The van der Waals surface area contributed by atoms with Crippen LogP contribution in [0.4, 0.5) is 5.82 Å². The highest BCUT2D eigenvalue weighted by atomic mass is 32.2. The quantitative estimate of drug-likeness (QED) is 0.296. The van der Waals surface area contributed by atoms with Crippen molar-refractivity contribution in [3.63, 3.8) is 0 Å². The summed E-state index contributed by atoms with van der Waals surface area (Å²) in [4.78, 5) is 35.6. The fourth-order valence-corrected chi connectivity index (χ4v) is 5.55. The molecule has 0 atom stereocenters. The minimum atomic E-state index is -0.154. The van der Waals surface area contributed by atoms with E-state index in [1.807, 2.05) is 18.2 Å². The third-order valence-corrected chi connectivity index (χ3v) is 7.42. The molecule has 0 bridgehead atoms. The number of thiocarbonyl (C=S) groups is 1. The Morgan fingerprint density at radius 1 is 1.09 bits per heavy atom. The molecule has 0 radical (unpaired) electrons. The highest BCUT2D eigenvalue weighted by Gasteiger charge is 2.32. The molecule has 2 aromatic rings. The van der Waals surface area contributed by atoms with Crippen molar-refractivity contribution in [3.8, 4) is 0 Å². The number of thioether (sulfide) groups is 1. The Morgan fingerprint density at radius 2 is 1.84 bits per heavy atom. The maximum atomic E-state index is 13.3. The van der Waals surface area contributed by atoms with Gasteiger partial charge in [0, 0.05) is 25.8 Å². The van der Waals surface area contributed by atoms with E-state index in [9.17, 15) is 9.59 Å². The number of rotatable bonds is 9. The van der Waals surface area contributed by atoms with Gasteiger partial charge in [-0.3, -0.25) is 18.9 Å². The second-order valence-corrected chi connectivity index (χ2v) is 10.1. The van der Waals surface area contributed by atoms with Gasteiger partial charge in [0.05, 0.1) is 10.5 Å². The molecule has 4 heterocycles. The lowest BCUT2D eigenvalue weighted by Crippen LogP contribution is -2.29. The van der Waals surface area contributed by atoms with Gasteiger partial charge in [-0.05, 0) is 37.5 Å². The number of fused-ring (bicyclic) bond motifs is 1. The molecule has 2 saturated heterocycles. The number of hydrogen-bond acceptors (Lipinski definition) is 6. The number of amides is 1. The fraction of sp³-hybridized carbons (Fsp3) is 0.500. The molecule has 0 unspecified atom stereocenters. The minimum absolute atomic E-state index is 0.0986. The molecule has 0 N–H and O–H groups in total. The fourth-order valence-electron chi connectivity index (χ4n) is 4.26. The summed E-state index contributed by atoms with van der Waals surface area (Å²) in [6.45, 7) is 4.59. The molecular formula is C24H30N4O2S2. The maximum absolute atomic E-state index is 13.3. The summed E-state index contributed by atoms with van der Waals surface area (Å²) in [5, 5.41) is 0. The zero-order valence-electron chi connectivity index (χ0n) is 18.6. The molecule has 1 amide bonds. The Balaban J connectivity index is 1.59. The molecule has 8 heteroatoms. The van der Waals surface area contributed by atoms with Gasteiger partial charge in [0.1, 0.15) is 15.8 Å². The summed E-state index contributed by atoms with van der Waals surface area (Å²) in [6, 6.07) is 5.53. The van der Waals surface area contributed by atoms with Crippen molar-refractivity contribution < 1.29 is 4.79 Å². The zero-order valence-corrected chi connectivity index (χ0v) is 20.2. The van der Waals surface area contributed by atoms with E-state index in [4.69, 9.17) is 17.2 Å². The Labute approximate surface area is 198 Å². The normalized spacial score (nSPS) is 18.0. The van der Waals surface area contributed by atoms with Gasteiger partial charge in [-0.25, -0.2) is 4.98 Å². The van der Waals surface area contributed by atoms with Crippen molar-refractivity contribution in [2.75, 3.05) is 24.5 Å². The summed E-state index contributed by atoms with van der Waals surface area (Å²) in [5.74, 6) is 0.568. The second-order valence-electron chi connectivity index (χ2n) is 8.38. The van der Waals surface area contributed by atoms with Crippen LogP contribution in [0.15, 0.2) is 34.1 Å². The monoisotopic (exact) mass is 470 g/mol. The van der Waals surface area contributed by atoms with Crippen LogP contribution in [0.1, 0.15) is 63.9 Å². The van der Waals surface area contributed by atoms with Crippen molar-refractivity contribution in [2.45, 2.75) is 58.3 Å². The number of anilines is 1. The Bertz CT molecular complexity index is 1090. The lowest BCUT2D eigenvalue weighted by Gasteiger charge is -2.19. The number of nitrogens with zero attached hydrogens (tertiary/aromatic N) is 4. The summed E-state index contributed by atoms with van der Waals surface area (Å²) >= 11 is 6.79. The van der Waals surface area contributed by atoms with Crippen LogP contribution in [0, 0.1) is 0 Å². The first-order chi connectivity index (χ1) is 15.6. The number of hydrogen-bond donors (Lipinski definition) is 0. The van der Waals surface area contributed by atoms with Gasteiger partial charge >= 0.3 is 0 Å². The summed E-state index contributed by atoms with van der Waals surface area (Å²) < 4.78 is 2.12. The number of carbonyl (C=O) groups excluding carboxylic acids is 1. The van der Waals surface area contributed by atoms with Gasteiger partial charge in [-0.1, -0.05) is 69.1 Å². The third-order valence-electron chi connectivity index (χ3n) is 6.04. The van der Waals surface area contributed by atoms with Crippen LogP contribution in [0.25, 0.3) is 11.7 Å². The summed E-state index contributed by atoms with van der Waals surface area (Å²) in [5.41, 5.74) is 0.932. The van der Waals surface area contributed by atoms with E-state index in [2.05, 4.69) is 11.8 Å². The molecule has 32 heavy (non-hydrogen) atoms. The molecule has 0 spiro atoms. The van der Waals surface area contributed by atoms with Crippen molar-refractivity contribution in [3.05, 3.63) is 45.2 Å². The lowest BCUT2D eigenvalue weighted by atomic mass is 10.1. The standard InChI is InChI=1S/C24H30N4O2S2/c1-2-3-4-5-6-8-16-28-23(30)19(32-24(28)31)17-18-21(26-13-10-11-14-26)25-20-12-7-9-15-27(20)22(18)29/h7,9,12,15,17H,2-6,8,10-11,13-14,16H2,1H3/b19-17+. The topological polar surface area (TPSA) is 57.9 Å². The Morgan fingerprint density at radius 3 is 2.62 bits per heavy atom. The van der Waals surface area contributed by atoms with Crippen molar-refractivity contribution >= 4 is 51.7 Å². The Hall–Kier alpha value is -2.19. The first-order valence-electron chi connectivity index (χ1n) is 11.6. The summed E-state index contributed by atoms with van der Waals surface area (Å²) in [6.07, 6.45) is 12.6. The Kier molecular flexibility index (Phi) is 7.63. The van der Waals surface area contributed by atoms with Gasteiger partial charge in [-0.2, -0.15) is 0 Å². The van der Waals surface area contributed by atoms with E-state index in [0.29, 0.717) is 32.8 Å². The van der Waals surface area contributed by atoms with E-state index in [-0.39, 0.29) is 11.5 Å². The number of carbonyl (C=O) groups is 1. The predicted octanol–water partition coefficient (Wildman–Crippen LogP) is 4.86. The SMILES string of the molecule is CCCCCCCCN1C(=O)/C(=C\c2c(N3CCCC3)nc3ccccn3c2=O)SC1=S. The zero-order chi connectivity index (χ0) is 22.5. The molecule has 2 aliphatic rings. The average Bonchev–Trinajstić information content (AvgIpc) is 3.42. The first kappa shape index (κ1) is 23.0. The van der Waals surface area contributed by atoms with E-state index in [1.54, 1.807) is 21.6 Å². The van der Waals surface area contributed by atoms with Crippen LogP contribution in [0.5, 0.6) is 0 Å². The van der Waals surface area contributed by atoms with Gasteiger partial charge < -0.3 is 4.90 Å². The third kappa shape index (κ3) is 4.91. The van der Waals surface area contributed by atoms with E-state index in [0.717, 1.165) is 38.8 Å². The largest absolute Gasteiger partial charge is 0.356 e. The smallest absolute Gasteiger partial charge is 0.267 e. The molecule has 4 rings (SSSR count). The number of aromatic nitrogens is 2. The highest BCUT2D eigenvalue weighted by Crippen LogP contribution is 2.34. The molecule has 0 aromatic carbocycles. The van der Waals surface area contributed by atoms with E-state index >= 15 is 0 Å². The molecule has 6 nitrogen and oxygen atoms in total. The van der Waals surface area contributed by atoms with Crippen LogP contribution in [-0.4, -0.2) is 44.1 Å². The van der Waals surface area contributed by atoms with Gasteiger partial charge in [0.15, 0.2) is 0 Å². The van der Waals surface area contributed by atoms with Crippen LogP contribution in [0.2, 0.25) is 0 Å². The van der Waals surface area contributed by atoms with Crippen LogP contribution in [0.3, 0.4) is 0 Å². The van der Waals surface area contributed by atoms with Crippen molar-refractivity contribution in [2.24, 2.45) is 0 Å². The van der Waals surface area contributed by atoms with Crippen LogP contribution in [-0.2, 0) is 4.79 Å². The molecule has 2 aliphatic heterocycles.